The second-order valence-corrected chi connectivity index (χ2v) is 14.2. The van der Waals surface area contributed by atoms with E-state index in [-0.39, 0.29) is 0 Å². The highest BCUT2D eigenvalue weighted by atomic mass is 35.5. The van der Waals surface area contributed by atoms with Gasteiger partial charge >= 0.3 is 0 Å². The molecule has 0 heterocycles. The standard InChI is InChI=1S/C48H35Cl2N3/c1-30-24-31(2)48(32(3)25-30)53-46-23-22-41(39-10-4-5-11-40(39)46)47(35-18-14-33(15-19-35)26-42-37(28-51)8-6-12-44(42)49)36-20-16-34(17-21-36)27-43-38(29-52)9-7-13-45(43)50/h4-25H,26-27H2,1-3H3. The topological polar surface area (TPSA) is 59.9 Å². The summed E-state index contributed by atoms with van der Waals surface area (Å²) in [5.41, 5.74) is 16.8. The molecule has 0 amide bonds. The van der Waals surface area contributed by atoms with Crippen molar-refractivity contribution in [2.75, 3.05) is 0 Å². The van der Waals surface area contributed by atoms with Crippen LogP contribution in [0, 0.1) is 43.4 Å². The molecule has 3 nitrogen and oxygen atoms in total. The Morgan fingerprint density at radius 1 is 0.585 bits per heavy atom. The lowest BCUT2D eigenvalue weighted by molar-refractivity contribution is 1.17. The lowest BCUT2D eigenvalue weighted by Crippen LogP contribution is -2.08. The third-order valence-corrected chi connectivity index (χ3v) is 10.5. The first-order valence-electron chi connectivity index (χ1n) is 17.5. The Bertz CT molecular complexity index is 2430. The van der Waals surface area contributed by atoms with Crippen LogP contribution in [0.5, 0.6) is 0 Å². The van der Waals surface area contributed by atoms with Crippen molar-refractivity contribution in [3.63, 3.8) is 0 Å². The SMILES string of the molecule is Cc1cc(C)c(N=C2C=CC(=C(c3ccc(Cc4c(Cl)cccc4C#N)cc3)c3ccc(Cc4c(Cl)cccc4C#N)cc3)c3ccccc32)c(C)c1. The molecule has 0 saturated heterocycles. The van der Waals surface area contributed by atoms with Gasteiger partial charge in [0.2, 0.25) is 0 Å². The Morgan fingerprint density at radius 2 is 1.08 bits per heavy atom. The van der Waals surface area contributed by atoms with E-state index in [1.165, 1.54) is 5.56 Å². The Hall–Kier alpha value is -5.97. The zero-order valence-electron chi connectivity index (χ0n) is 29.7. The molecule has 0 aliphatic heterocycles. The summed E-state index contributed by atoms with van der Waals surface area (Å²) in [6.07, 6.45) is 5.41. The first-order valence-corrected chi connectivity index (χ1v) is 18.2. The Morgan fingerprint density at radius 3 is 1.57 bits per heavy atom. The van der Waals surface area contributed by atoms with Crippen molar-refractivity contribution in [3.05, 3.63) is 216 Å². The summed E-state index contributed by atoms with van der Waals surface area (Å²) in [5, 5.41) is 20.6. The van der Waals surface area contributed by atoms with Gasteiger partial charge in [0.25, 0.3) is 0 Å². The van der Waals surface area contributed by atoms with E-state index in [2.05, 4.69) is 130 Å². The third-order valence-electron chi connectivity index (χ3n) is 9.76. The molecule has 0 spiro atoms. The molecule has 1 aliphatic carbocycles. The van der Waals surface area contributed by atoms with Crippen LogP contribution in [0.1, 0.15) is 72.3 Å². The number of hydrogen-bond donors (Lipinski definition) is 0. The Kier molecular flexibility index (Phi) is 10.2. The van der Waals surface area contributed by atoms with Crippen molar-refractivity contribution >= 4 is 45.7 Å². The lowest BCUT2D eigenvalue weighted by Gasteiger charge is -2.22. The van der Waals surface area contributed by atoms with Crippen LogP contribution in [0.2, 0.25) is 10.0 Å². The number of hydrogen-bond acceptors (Lipinski definition) is 3. The van der Waals surface area contributed by atoms with Gasteiger partial charge in [-0.25, -0.2) is 4.99 Å². The number of aliphatic imine (C=N–C) groups is 1. The van der Waals surface area contributed by atoms with Gasteiger partial charge in [-0.2, -0.15) is 10.5 Å². The van der Waals surface area contributed by atoms with Gasteiger partial charge in [-0.05, 0) is 112 Å². The Balaban J connectivity index is 1.35. The van der Waals surface area contributed by atoms with Gasteiger partial charge in [-0.3, -0.25) is 0 Å². The van der Waals surface area contributed by atoms with Crippen LogP contribution in [-0.2, 0) is 12.8 Å². The summed E-state index contributed by atoms with van der Waals surface area (Å²) in [6.45, 7) is 6.35. The summed E-state index contributed by atoms with van der Waals surface area (Å²) < 4.78 is 0. The highest BCUT2D eigenvalue weighted by Crippen LogP contribution is 2.39. The molecule has 0 unspecified atom stereocenters. The molecule has 0 radical (unpaired) electrons. The number of fused-ring (bicyclic) bond motifs is 1. The molecular weight excluding hydrogens is 689 g/mol. The number of nitrogens with zero attached hydrogens (tertiary/aromatic N) is 3. The molecule has 0 N–H and O–H groups in total. The molecule has 6 aromatic carbocycles. The first-order chi connectivity index (χ1) is 25.7. The second kappa shape index (κ2) is 15.3. The molecule has 5 heteroatoms. The maximum absolute atomic E-state index is 9.72. The first kappa shape index (κ1) is 35.4. The van der Waals surface area contributed by atoms with Gasteiger partial charge in [0, 0.05) is 28.5 Å². The molecule has 0 saturated carbocycles. The highest BCUT2D eigenvalue weighted by molar-refractivity contribution is 6.32. The quantitative estimate of drug-likeness (QED) is 0.165. The van der Waals surface area contributed by atoms with Crippen molar-refractivity contribution in [1.29, 1.82) is 10.5 Å². The van der Waals surface area contributed by atoms with E-state index < -0.39 is 0 Å². The fraction of sp³-hybridized carbons (Fsp3) is 0.104. The minimum Gasteiger partial charge on any atom is -0.248 e. The van der Waals surface area contributed by atoms with Crippen molar-refractivity contribution in [1.82, 2.24) is 0 Å². The minimum atomic E-state index is 0.552. The normalized spacial score (nSPS) is 12.7. The summed E-state index contributed by atoms with van der Waals surface area (Å²) in [5.74, 6) is 0. The van der Waals surface area contributed by atoms with E-state index in [1.807, 2.05) is 24.3 Å². The van der Waals surface area contributed by atoms with Crippen LogP contribution in [-0.4, -0.2) is 5.71 Å². The minimum absolute atomic E-state index is 0.552. The molecule has 256 valence electrons. The Labute approximate surface area is 321 Å². The number of nitriles is 2. The molecule has 0 atom stereocenters. The summed E-state index contributed by atoms with van der Waals surface area (Å²) in [7, 11) is 0. The van der Waals surface area contributed by atoms with Crippen molar-refractivity contribution in [2.45, 2.75) is 33.6 Å². The third kappa shape index (κ3) is 7.37. The van der Waals surface area contributed by atoms with Crippen LogP contribution in [0.3, 0.4) is 0 Å². The van der Waals surface area contributed by atoms with Gasteiger partial charge in [0.1, 0.15) is 0 Å². The van der Waals surface area contributed by atoms with E-state index in [1.54, 1.807) is 12.1 Å². The zero-order valence-corrected chi connectivity index (χ0v) is 31.2. The fourth-order valence-electron chi connectivity index (χ4n) is 7.22. The number of rotatable bonds is 7. The average Bonchev–Trinajstić information content (AvgIpc) is 3.16. The summed E-state index contributed by atoms with van der Waals surface area (Å²) >= 11 is 13.1. The van der Waals surface area contributed by atoms with Gasteiger partial charge in [0.05, 0.1) is 34.7 Å². The summed E-state index contributed by atoms with van der Waals surface area (Å²) in [6, 6.07) is 45.3. The fourth-order valence-corrected chi connectivity index (χ4v) is 7.70. The van der Waals surface area contributed by atoms with E-state index in [0.717, 1.165) is 78.2 Å². The maximum atomic E-state index is 9.72. The van der Waals surface area contributed by atoms with Crippen LogP contribution in [0.4, 0.5) is 5.69 Å². The van der Waals surface area contributed by atoms with E-state index in [4.69, 9.17) is 28.2 Å². The van der Waals surface area contributed by atoms with E-state index in [0.29, 0.717) is 34.0 Å². The van der Waals surface area contributed by atoms with Crippen LogP contribution in [0.15, 0.2) is 138 Å². The van der Waals surface area contributed by atoms with Crippen LogP contribution >= 0.6 is 23.2 Å². The maximum Gasteiger partial charge on any atom is 0.0995 e. The van der Waals surface area contributed by atoms with Gasteiger partial charge in [-0.1, -0.05) is 132 Å². The molecule has 6 aromatic rings. The van der Waals surface area contributed by atoms with E-state index in [9.17, 15) is 10.5 Å². The van der Waals surface area contributed by atoms with Crippen LogP contribution < -0.4 is 0 Å². The zero-order chi connectivity index (χ0) is 37.1. The summed E-state index contributed by atoms with van der Waals surface area (Å²) in [4.78, 5) is 5.22. The molecule has 53 heavy (non-hydrogen) atoms. The predicted octanol–water partition coefficient (Wildman–Crippen LogP) is 12.5. The lowest BCUT2D eigenvalue weighted by atomic mass is 9.83. The number of aryl methyl sites for hydroxylation is 3. The van der Waals surface area contributed by atoms with Crippen molar-refractivity contribution in [3.8, 4) is 12.1 Å². The number of halogens is 2. The molecular formula is C48H35Cl2N3. The second-order valence-electron chi connectivity index (χ2n) is 13.4. The van der Waals surface area contributed by atoms with E-state index >= 15 is 0 Å². The largest absolute Gasteiger partial charge is 0.248 e. The van der Waals surface area contributed by atoms with Gasteiger partial charge < -0.3 is 0 Å². The molecule has 0 aromatic heterocycles. The number of benzene rings is 6. The van der Waals surface area contributed by atoms with Crippen molar-refractivity contribution in [2.24, 2.45) is 4.99 Å². The van der Waals surface area contributed by atoms with Crippen molar-refractivity contribution < 1.29 is 0 Å². The average molecular weight is 725 g/mol. The monoisotopic (exact) mass is 723 g/mol. The predicted molar refractivity (Wildman–Crippen MR) is 219 cm³/mol. The van der Waals surface area contributed by atoms with Gasteiger partial charge in [0.15, 0.2) is 0 Å². The molecule has 1 aliphatic rings. The van der Waals surface area contributed by atoms with Gasteiger partial charge in [-0.15, -0.1) is 0 Å². The van der Waals surface area contributed by atoms with Crippen LogP contribution in [0.25, 0.3) is 11.1 Å². The smallest absolute Gasteiger partial charge is 0.0995 e. The number of allylic oxidation sites excluding steroid dienone is 3. The molecule has 7 rings (SSSR count). The highest BCUT2D eigenvalue weighted by Gasteiger charge is 2.21. The molecule has 0 bridgehead atoms. The molecule has 0 fully saturated rings.